The average molecular weight is 214 g/mol. The van der Waals surface area contributed by atoms with Gasteiger partial charge in [-0.05, 0) is 12.1 Å². The lowest BCUT2D eigenvalue weighted by atomic mass is 10.3. The summed E-state index contributed by atoms with van der Waals surface area (Å²) in [5.74, 6) is 0. The van der Waals surface area contributed by atoms with Gasteiger partial charge in [-0.2, -0.15) is 0 Å². The third-order valence-electron chi connectivity index (χ3n) is 0.756. The zero-order chi connectivity index (χ0) is 9.61. The van der Waals surface area contributed by atoms with Gasteiger partial charge >= 0.3 is 7.25 Å². The first-order valence-corrected chi connectivity index (χ1v) is 3.45. The Morgan fingerprint density at radius 3 is 1.38 bits per heavy atom. The van der Waals surface area contributed by atoms with Gasteiger partial charge in [-0.1, -0.05) is 18.2 Å². The predicted octanol–water partition coefficient (Wildman–Crippen LogP) is 3.44. The largest absolute Gasteiger partial charge is 0.673 e. The molecular formula is C6H9BF4NS-. The van der Waals surface area contributed by atoms with Crippen LogP contribution in [0.2, 0.25) is 0 Å². The van der Waals surface area contributed by atoms with Crippen molar-refractivity contribution in [2.75, 3.05) is 0 Å². The molecule has 0 amide bonds. The van der Waals surface area contributed by atoms with E-state index in [0.29, 0.717) is 0 Å². The number of halogens is 4. The van der Waals surface area contributed by atoms with Crippen molar-refractivity contribution in [2.24, 2.45) is 0 Å². The topological polar surface area (TPSA) is 35.0 Å². The highest BCUT2D eigenvalue weighted by molar-refractivity contribution is 7.80. The molecule has 7 heteroatoms. The Bertz CT molecular complexity index is 210. The van der Waals surface area contributed by atoms with Gasteiger partial charge in [0.1, 0.15) is 0 Å². The molecule has 13 heavy (non-hydrogen) atoms. The van der Waals surface area contributed by atoms with Crippen molar-refractivity contribution in [3.05, 3.63) is 30.3 Å². The van der Waals surface area contributed by atoms with Crippen molar-refractivity contribution in [2.45, 2.75) is 4.90 Å². The summed E-state index contributed by atoms with van der Waals surface area (Å²) in [6, 6.07) is 9.79. The summed E-state index contributed by atoms with van der Waals surface area (Å²) < 4.78 is 39.0. The van der Waals surface area contributed by atoms with E-state index in [0.717, 1.165) is 4.90 Å². The lowest BCUT2D eigenvalue weighted by molar-refractivity contribution is 0.368. The van der Waals surface area contributed by atoms with Crippen LogP contribution in [0.15, 0.2) is 35.2 Å². The molecule has 0 aromatic heterocycles. The fourth-order valence-corrected chi connectivity index (χ4v) is 0.600. The van der Waals surface area contributed by atoms with Gasteiger partial charge in [0.05, 0.1) is 0 Å². The molecule has 0 unspecified atom stereocenters. The summed E-state index contributed by atoms with van der Waals surface area (Å²) in [6.45, 7) is 0. The quantitative estimate of drug-likeness (QED) is 0.387. The third kappa shape index (κ3) is 18.3. The van der Waals surface area contributed by atoms with Crippen LogP contribution in [0.5, 0.6) is 0 Å². The van der Waals surface area contributed by atoms with E-state index in [1.165, 1.54) is 0 Å². The fourth-order valence-electron chi connectivity index (χ4n) is 0.428. The molecule has 0 aliphatic rings. The molecular weight excluding hydrogens is 205 g/mol. The molecule has 0 radical (unpaired) electrons. The highest BCUT2D eigenvalue weighted by Crippen LogP contribution is 2.06. The number of thiol groups is 1. The van der Waals surface area contributed by atoms with Crippen LogP contribution in [0.3, 0.4) is 0 Å². The van der Waals surface area contributed by atoms with Crippen molar-refractivity contribution in [3.8, 4) is 0 Å². The predicted molar refractivity (Wildman–Crippen MR) is 48.9 cm³/mol. The molecule has 0 saturated heterocycles. The van der Waals surface area contributed by atoms with E-state index in [4.69, 9.17) is 0 Å². The average Bonchev–Trinajstić information content (AvgIpc) is 1.85. The van der Waals surface area contributed by atoms with Gasteiger partial charge in [0.25, 0.3) is 0 Å². The number of benzene rings is 1. The Balaban J connectivity index is 0. The first kappa shape index (κ1) is 14.8. The van der Waals surface area contributed by atoms with Crippen molar-refractivity contribution in [1.29, 1.82) is 0 Å². The standard InChI is InChI=1S/C6H6S.BF4.H3N/c7-6-4-2-1-3-5-6;2-1(3,4)5;/h1-5,7H;;1H3/q;-1;. The highest BCUT2D eigenvalue weighted by Gasteiger charge is 2.20. The van der Waals surface area contributed by atoms with Crippen LogP contribution in [0.25, 0.3) is 0 Å². The Morgan fingerprint density at radius 1 is 0.923 bits per heavy atom. The van der Waals surface area contributed by atoms with Crippen LogP contribution in [0.1, 0.15) is 0 Å². The first-order valence-electron chi connectivity index (χ1n) is 3.01. The Hall–Kier alpha value is -0.685. The summed E-state index contributed by atoms with van der Waals surface area (Å²) in [5.41, 5.74) is 0. The van der Waals surface area contributed by atoms with E-state index in [1.807, 2.05) is 30.3 Å². The van der Waals surface area contributed by atoms with Gasteiger partial charge < -0.3 is 23.4 Å². The first-order chi connectivity index (χ1) is 5.39. The maximum atomic E-state index is 9.75. The van der Waals surface area contributed by atoms with Gasteiger partial charge in [0.2, 0.25) is 0 Å². The van der Waals surface area contributed by atoms with E-state index in [1.54, 1.807) is 0 Å². The minimum atomic E-state index is -6.00. The Labute approximate surface area is 79.2 Å². The second kappa shape index (κ2) is 6.79. The van der Waals surface area contributed by atoms with E-state index < -0.39 is 7.25 Å². The summed E-state index contributed by atoms with van der Waals surface area (Å²) in [7, 11) is -6.00. The van der Waals surface area contributed by atoms with Gasteiger partial charge in [-0.3, -0.25) is 0 Å². The molecule has 0 heterocycles. The van der Waals surface area contributed by atoms with Crippen molar-refractivity contribution in [3.63, 3.8) is 0 Å². The Kier molecular flexibility index (Phi) is 7.74. The van der Waals surface area contributed by atoms with Crippen LogP contribution in [-0.2, 0) is 0 Å². The summed E-state index contributed by atoms with van der Waals surface area (Å²) in [6.07, 6.45) is 0. The molecule has 0 spiro atoms. The number of rotatable bonds is 0. The molecule has 1 rings (SSSR count). The highest BCUT2D eigenvalue weighted by atomic mass is 32.1. The van der Waals surface area contributed by atoms with Gasteiger partial charge in [-0.25, -0.2) is 0 Å². The van der Waals surface area contributed by atoms with Gasteiger partial charge in [-0.15, -0.1) is 12.6 Å². The smallest absolute Gasteiger partial charge is 0.418 e. The molecule has 0 aliphatic heterocycles. The zero-order valence-electron chi connectivity index (χ0n) is 6.63. The third-order valence-corrected chi connectivity index (χ3v) is 1.05. The minimum Gasteiger partial charge on any atom is -0.418 e. The zero-order valence-corrected chi connectivity index (χ0v) is 7.52. The normalized spacial score (nSPS) is 9.31. The maximum Gasteiger partial charge on any atom is 0.673 e. The van der Waals surface area contributed by atoms with E-state index in [9.17, 15) is 17.3 Å². The molecule has 0 fully saturated rings. The lowest BCUT2D eigenvalue weighted by Gasteiger charge is -1.94. The monoisotopic (exact) mass is 214 g/mol. The van der Waals surface area contributed by atoms with Crippen molar-refractivity contribution >= 4 is 19.9 Å². The number of hydrogen-bond donors (Lipinski definition) is 2. The summed E-state index contributed by atoms with van der Waals surface area (Å²) in [5, 5.41) is 0. The molecule has 0 saturated carbocycles. The molecule has 1 aromatic rings. The Morgan fingerprint density at radius 2 is 1.23 bits per heavy atom. The van der Waals surface area contributed by atoms with Crippen LogP contribution in [0.4, 0.5) is 17.3 Å². The maximum absolute atomic E-state index is 9.75. The molecule has 3 N–H and O–H groups in total. The summed E-state index contributed by atoms with van der Waals surface area (Å²) >= 11 is 4.08. The van der Waals surface area contributed by atoms with Crippen LogP contribution < -0.4 is 6.15 Å². The molecule has 1 nitrogen and oxygen atoms in total. The van der Waals surface area contributed by atoms with E-state index in [-0.39, 0.29) is 6.15 Å². The van der Waals surface area contributed by atoms with E-state index in [2.05, 4.69) is 12.6 Å². The fraction of sp³-hybridized carbons (Fsp3) is 0. The van der Waals surface area contributed by atoms with Crippen LogP contribution >= 0.6 is 12.6 Å². The molecule has 0 atom stereocenters. The van der Waals surface area contributed by atoms with Crippen molar-refractivity contribution in [1.82, 2.24) is 6.15 Å². The number of hydrogen-bond acceptors (Lipinski definition) is 2. The minimum absolute atomic E-state index is 0. The molecule has 0 aliphatic carbocycles. The van der Waals surface area contributed by atoms with Crippen LogP contribution in [-0.4, -0.2) is 7.25 Å². The van der Waals surface area contributed by atoms with Crippen molar-refractivity contribution < 1.29 is 17.3 Å². The van der Waals surface area contributed by atoms with Crippen LogP contribution in [0, 0.1) is 0 Å². The second-order valence-electron chi connectivity index (χ2n) is 1.83. The summed E-state index contributed by atoms with van der Waals surface area (Å²) in [4.78, 5) is 1.02. The second-order valence-corrected chi connectivity index (χ2v) is 2.35. The molecule has 0 bridgehead atoms. The van der Waals surface area contributed by atoms with Gasteiger partial charge in [0, 0.05) is 4.90 Å². The molecule has 1 aromatic carbocycles. The van der Waals surface area contributed by atoms with Gasteiger partial charge in [0.15, 0.2) is 0 Å². The van der Waals surface area contributed by atoms with E-state index >= 15 is 0 Å². The lowest BCUT2D eigenvalue weighted by Crippen LogP contribution is -2.02. The molecule has 76 valence electrons. The SMILES string of the molecule is F[B-](F)(F)F.N.Sc1ccccc1.